The Morgan fingerprint density at radius 2 is 2.22 bits per heavy atom. The average Bonchev–Trinajstić information content (AvgIpc) is 2.39. The summed E-state index contributed by atoms with van der Waals surface area (Å²) in [6, 6.07) is 4.61. The molecule has 1 aromatic carbocycles. The molecule has 4 heteroatoms. The topological polar surface area (TPSA) is 47.3 Å². The van der Waals surface area contributed by atoms with Crippen LogP contribution in [0.4, 0.5) is 4.39 Å². The lowest BCUT2D eigenvalue weighted by molar-refractivity contribution is 0.406. The Balaban J connectivity index is 2.41. The van der Waals surface area contributed by atoms with E-state index in [-0.39, 0.29) is 5.82 Å². The Morgan fingerprint density at radius 1 is 1.44 bits per heavy atom. The van der Waals surface area contributed by atoms with Gasteiger partial charge in [0.25, 0.3) is 0 Å². The number of methoxy groups -OCH3 is 1. The van der Waals surface area contributed by atoms with Crippen molar-refractivity contribution in [1.29, 1.82) is 0 Å². The number of rotatable bonds is 8. The zero-order chi connectivity index (χ0) is 13.4. The van der Waals surface area contributed by atoms with Crippen LogP contribution in [0.2, 0.25) is 0 Å². The molecule has 18 heavy (non-hydrogen) atoms. The van der Waals surface area contributed by atoms with E-state index in [0.717, 1.165) is 37.2 Å². The van der Waals surface area contributed by atoms with Crippen molar-refractivity contribution >= 4 is 0 Å². The van der Waals surface area contributed by atoms with Crippen LogP contribution in [0.1, 0.15) is 18.9 Å². The van der Waals surface area contributed by atoms with E-state index in [1.165, 1.54) is 12.1 Å². The van der Waals surface area contributed by atoms with Gasteiger partial charge in [-0.15, -0.1) is 0 Å². The Morgan fingerprint density at radius 3 is 2.83 bits per heavy atom. The summed E-state index contributed by atoms with van der Waals surface area (Å²) in [4.78, 5) is 0. The maximum absolute atomic E-state index is 13.1. The summed E-state index contributed by atoms with van der Waals surface area (Å²) < 4.78 is 18.3. The lowest BCUT2D eigenvalue weighted by Gasteiger charge is -2.14. The molecule has 1 atom stereocenters. The Labute approximate surface area is 109 Å². The predicted molar refractivity (Wildman–Crippen MR) is 72.4 cm³/mol. The molecule has 0 heterocycles. The summed E-state index contributed by atoms with van der Waals surface area (Å²) in [7, 11) is 1.60. The Bertz CT molecular complexity index is 354. The fraction of sp³-hybridized carbons (Fsp3) is 0.571. The van der Waals surface area contributed by atoms with Gasteiger partial charge in [-0.1, -0.05) is 13.3 Å². The smallest absolute Gasteiger partial charge is 0.123 e. The first-order valence-corrected chi connectivity index (χ1v) is 6.44. The fourth-order valence-corrected chi connectivity index (χ4v) is 1.87. The molecule has 102 valence electrons. The number of halogens is 1. The van der Waals surface area contributed by atoms with Crippen molar-refractivity contribution in [3.63, 3.8) is 0 Å². The molecule has 1 aromatic rings. The number of nitrogens with two attached hydrogens (primary N) is 1. The maximum atomic E-state index is 13.1. The van der Waals surface area contributed by atoms with Gasteiger partial charge in [-0.05, 0) is 55.7 Å². The highest BCUT2D eigenvalue weighted by molar-refractivity contribution is 5.34. The van der Waals surface area contributed by atoms with Gasteiger partial charge in [-0.2, -0.15) is 0 Å². The van der Waals surface area contributed by atoms with Gasteiger partial charge in [0.15, 0.2) is 0 Å². The van der Waals surface area contributed by atoms with Gasteiger partial charge in [0.05, 0.1) is 7.11 Å². The van der Waals surface area contributed by atoms with Gasteiger partial charge >= 0.3 is 0 Å². The van der Waals surface area contributed by atoms with E-state index in [4.69, 9.17) is 10.5 Å². The van der Waals surface area contributed by atoms with E-state index in [2.05, 4.69) is 12.2 Å². The van der Waals surface area contributed by atoms with Crippen molar-refractivity contribution in [2.75, 3.05) is 26.7 Å². The molecule has 0 fully saturated rings. The maximum Gasteiger partial charge on any atom is 0.123 e. The molecule has 3 N–H and O–H groups in total. The molecule has 1 unspecified atom stereocenters. The second-order valence-corrected chi connectivity index (χ2v) is 4.42. The average molecular weight is 254 g/mol. The molecule has 0 radical (unpaired) electrons. The minimum atomic E-state index is -0.223. The quantitative estimate of drug-likeness (QED) is 0.697. The number of nitrogens with one attached hydrogen (secondary N) is 1. The minimum absolute atomic E-state index is 0.223. The van der Waals surface area contributed by atoms with Gasteiger partial charge in [-0.3, -0.25) is 0 Å². The molecule has 0 spiro atoms. The molecule has 0 bridgehead atoms. The number of hydrogen-bond acceptors (Lipinski definition) is 3. The third-order valence-corrected chi connectivity index (χ3v) is 3.16. The normalized spacial score (nSPS) is 12.4. The van der Waals surface area contributed by atoms with E-state index in [9.17, 15) is 4.39 Å². The fourth-order valence-electron chi connectivity index (χ4n) is 1.87. The summed E-state index contributed by atoms with van der Waals surface area (Å²) >= 11 is 0. The summed E-state index contributed by atoms with van der Waals surface area (Å²) in [6.45, 7) is 4.54. The van der Waals surface area contributed by atoms with E-state index in [0.29, 0.717) is 12.5 Å². The highest BCUT2D eigenvalue weighted by atomic mass is 19.1. The largest absolute Gasteiger partial charge is 0.496 e. The van der Waals surface area contributed by atoms with Crippen LogP contribution >= 0.6 is 0 Å². The molecular formula is C14H23FN2O. The van der Waals surface area contributed by atoms with Crippen LogP contribution in [0.25, 0.3) is 0 Å². The van der Waals surface area contributed by atoms with Gasteiger partial charge in [-0.25, -0.2) is 4.39 Å². The third-order valence-electron chi connectivity index (χ3n) is 3.16. The highest BCUT2D eigenvalue weighted by Gasteiger charge is 2.06. The molecule has 0 aliphatic rings. The molecule has 0 aliphatic carbocycles. The lowest BCUT2D eigenvalue weighted by Crippen LogP contribution is -2.29. The van der Waals surface area contributed by atoms with Crippen LogP contribution in [0.5, 0.6) is 5.75 Å². The van der Waals surface area contributed by atoms with Gasteiger partial charge < -0.3 is 15.8 Å². The van der Waals surface area contributed by atoms with Crippen molar-refractivity contribution in [2.24, 2.45) is 11.7 Å². The summed E-state index contributed by atoms with van der Waals surface area (Å²) in [5, 5.41) is 3.35. The van der Waals surface area contributed by atoms with Crippen LogP contribution in [0.15, 0.2) is 18.2 Å². The monoisotopic (exact) mass is 254 g/mol. The molecule has 0 amide bonds. The van der Waals surface area contributed by atoms with Gasteiger partial charge in [0.1, 0.15) is 11.6 Å². The number of hydrogen-bond donors (Lipinski definition) is 2. The van der Waals surface area contributed by atoms with Crippen LogP contribution < -0.4 is 15.8 Å². The van der Waals surface area contributed by atoms with Crippen molar-refractivity contribution in [2.45, 2.75) is 19.8 Å². The predicted octanol–water partition coefficient (Wildman–Crippen LogP) is 1.95. The van der Waals surface area contributed by atoms with Crippen molar-refractivity contribution in [3.8, 4) is 5.75 Å². The number of benzene rings is 1. The summed E-state index contributed by atoms with van der Waals surface area (Å²) in [6.07, 6.45) is 1.83. The molecule has 1 rings (SSSR count). The Kier molecular flexibility index (Phi) is 6.68. The van der Waals surface area contributed by atoms with E-state index in [1.807, 2.05) is 0 Å². The van der Waals surface area contributed by atoms with Gasteiger partial charge in [0, 0.05) is 0 Å². The first-order valence-electron chi connectivity index (χ1n) is 6.44. The summed E-state index contributed by atoms with van der Waals surface area (Å²) in [5.41, 5.74) is 6.53. The van der Waals surface area contributed by atoms with E-state index >= 15 is 0 Å². The van der Waals surface area contributed by atoms with Gasteiger partial charge in [0.2, 0.25) is 0 Å². The van der Waals surface area contributed by atoms with Crippen molar-refractivity contribution in [3.05, 3.63) is 29.6 Å². The molecule has 0 saturated heterocycles. The molecule has 0 saturated carbocycles. The van der Waals surface area contributed by atoms with Crippen LogP contribution in [-0.4, -0.2) is 26.7 Å². The first kappa shape index (κ1) is 14.9. The Hall–Kier alpha value is -1.13. The number of ether oxygens (including phenoxy) is 1. The standard InChI is InChI=1S/C14H23FN2O/c1-3-11(9-16)10-17-7-6-12-8-13(15)4-5-14(12)18-2/h4-5,8,11,17H,3,6-7,9-10,16H2,1-2H3. The highest BCUT2D eigenvalue weighted by Crippen LogP contribution is 2.19. The molecular weight excluding hydrogens is 231 g/mol. The molecule has 0 aromatic heterocycles. The lowest BCUT2D eigenvalue weighted by atomic mass is 10.1. The second-order valence-electron chi connectivity index (χ2n) is 4.42. The van der Waals surface area contributed by atoms with Crippen LogP contribution in [-0.2, 0) is 6.42 Å². The van der Waals surface area contributed by atoms with Crippen molar-refractivity contribution < 1.29 is 9.13 Å². The van der Waals surface area contributed by atoms with Crippen LogP contribution in [0, 0.1) is 11.7 Å². The third kappa shape index (κ3) is 4.63. The van der Waals surface area contributed by atoms with E-state index < -0.39 is 0 Å². The second kappa shape index (κ2) is 8.06. The molecule has 0 aliphatic heterocycles. The first-order chi connectivity index (χ1) is 8.71. The van der Waals surface area contributed by atoms with Crippen molar-refractivity contribution in [1.82, 2.24) is 5.32 Å². The minimum Gasteiger partial charge on any atom is -0.496 e. The van der Waals surface area contributed by atoms with Crippen LogP contribution in [0.3, 0.4) is 0 Å². The molecule has 3 nitrogen and oxygen atoms in total. The summed E-state index contributed by atoms with van der Waals surface area (Å²) in [5.74, 6) is 1.03. The zero-order valence-corrected chi connectivity index (χ0v) is 11.2. The zero-order valence-electron chi connectivity index (χ0n) is 11.2. The van der Waals surface area contributed by atoms with E-state index in [1.54, 1.807) is 13.2 Å². The SMILES string of the molecule is CCC(CN)CNCCc1cc(F)ccc1OC.